The second kappa shape index (κ2) is 5.65. The number of hydrogen-bond donors (Lipinski definition) is 1. The van der Waals surface area contributed by atoms with Gasteiger partial charge in [-0.25, -0.2) is 4.98 Å². The van der Waals surface area contributed by atoms with Crippen LogP contribution in [0.25, 0.3) is 0 Å². The number of hydrogen-bond acceptors (Lipinski definition) is 5. The van der Waals surface area contributed by atoms with E-state index in [0.717, 1.165) is 6.42 Å². The van der Waals surface area contributed by atoms with Crippen molar-refractivity contribution in [3.63, 3.8) is 0 Å². The summed E-state index contributed by atoms with van der Waals surface area (Å²) >= 11 is 0. The molecule has 0 saturated heterocycles. The van der Waals surface area contributed by atoms with Crippen LogP contribution in [-0.2, 0) is 0 Å². The summed E-state index contributed by atoms with van der Waals surface area (Å²) in [6.07, 6.45) is 2.54. The molecule has 0 aromatic carbocycles. The molecule has 1 aromatic rings. The molecule has 0 fully saturated rings. The maximum Gasteiger partial charge on any atom is 0.240 e. The van der Waals surface area contributed by atoms with Gasteiger partial charge in [0.25, 0.3) is 0 Å². The number of methoxy groups -OCH3 is 2. The smallest absolute Gasteiger partial charge is 0.240 e. The van der Waals surface area contributed by atoms with Crippen LogP contribution in [0.3, 0.4) is 0 Å². The molecule has 0 amide bonds. The Morgan fingerprint density at radius 2 is 2.06 bits per heavy atom. The Bertz CT molecular complexity index is 344. The van der Waals surface area contributed by atoms with Crippen molar-refractivity contribution in [1.82, 2.24) is 9.97 Å². The van der Waals surface area contributed by atoms with Crippen molar-refractivity contribution < 1.29 is 9.47 Å². The average Bonchev–Trinajstić information content (AvgIpc) is 2.35. The summed E-state index contributed by atoms with van der Waals surface area (Å²) in [6.45, 7) is 4.17. The van der Waals surface area contributed by atoms with Gasteiger partial charge in [-0.05, 0) is 5.92 Å². The molecule has 1 rings (SSSR count). The van der Waals surface area contributed by atoms with Crippen LogP contribution >= 0.6 is 0 Å². The van der Waals surface area contributed by atoms with Crippen LogP contribution in [0.15, 0.2) is 6.20 Å². The second-order valence-electron chi connectivity index (χ2n) is 3.72. The molecule has 0 aliphatic rings. The van der Waals surface area contributed by atoms with E-state index >= 15 is 0 Å². The van der Waals surface area contributed by atoms with Crippen LogP contribution in [-0.4, -0.2) is 24.2 Å². The fourth-order valence-electron chi connectivity index (χ4n) is 1.37. The van der Waals surface area contributed by atoms with Crippen molar-refractivity contribution in [1.29, 1.82) is 0 Å². The summed E-state index contributed by atoms with van der Waals surface area (Å²) in [6, 6.07) is -0.168. The van der Waals surface area contributed by atoms with Gasteiger partial charge in [0.2, 0.25) is 11.8 Å². The molecule has 0 aliphatic heterocycles. The summed E-state index contributed by atoms with van der Waals surface area (Å²) in [4.78, 5) is 8.41. The van der Waals surface area contributed by atoms with Crippen LogP contribution in [0.2, 0.25) is 0 Å². The highest BCUT2D eigenvalue weighted by Crippen LogP contribution is 2.27. The quantitative estimate of drug-likeness (QED) is 0.823. The third-order valence-electron chi connectivity index (χ3n) is 2.72. The average molecular weight is 225 g/mol. The van der Waals surface area contributed by atoms with Crippen LogP contribution in [0.4, 0.5) is 0 Å². The minimum atomic E-state index is -0.168. The van der Waals surface area contributed by atoms with E-state index in [9.17, 15) is 0 Å². The third kappa shape index (κ3) is 2.61. The first-order chi connectivity index (χ1) is 7.63. The normalized spacial score (nSPS) is 14.3. The third-order valence-corrected chi connectivity index (χ3v) is 2.72. The van der Waals surface area contributed by atoms with Crippen molar-refractivity contribution in [2.45, 2.75) is 26.3 Å². The van der Waals surface area contributed by atoms with Gasteiger partial charge in [0, 0.05) is 0 Å². The molecule has 1 aromatic heterocycles. The first kappa shape index (κ1) is 12.7. The van der Waals surface area contributed by atoms with E-state index < -0.39 is 0 Å². The fraction of sp³-hybridized carbons (Fsp3) is 0.636. The summed E-state index contributed by atoms with van der Waals surface area (Å²) in [5.41, 5.74) is 6.77. The number of rotatable bonds is 5. The van der Waals surface area contributed by atoms with E-state index in [1.54, 1.807) is 13.3 Å². The van der Waals surface area contributed by atoms with Gasteiger partial charge < -0.3 is 15.2 Å². The highest BCUT2D eigenvalue weighted by molar-refractivity contribution is 5.25. The highest BCUT2D eigenvalue weighted by Gasteiger charge is 2.20. The molecule has 0 spiro atoms. The lowest BCUT2D eigenvalue weighted by atomic mass is 9.97. The lowest BCUT2D eigenvalue weighted by Gasteiger charge is -2.19. The standard InChI is InChI=1S/C11H19N3O2/c1-5-7(2)9(12)10-11(16-4)14-8(15-3)6-13-10/h6-7,9H,5,12H2,1-4H3. The number of ether oxygens (including phenoxy) is 2. The SMILES string of the molecule is CCC(C)C(N)c1ncc(OC)nc1OC. The van der Waals surface area contributed by atoms with Gasteiger partial charge in [0.05, 0.1) is 26.5 Å². The zero-order chi connectivity index (χ0) is 12.1. The second-order valence-corrected chi connectivity index (χ2v) is 3.72. The molecule has 0 bridgehead atoms. The molecule has 1 heterocycles. The molecule has 5 heteroatoms. The maximum absolute atomic E-state index is 6.09. The Balaban J connectivity index is 3.03. The molecule has 16 heavy (non-hydrogen) atoms. The Labute approximate surface area is 96.0 Å². The number of nitrogens with zero attached hydrogens (tertiary/aromatic N) is 2. The molecule has 2 N–H and O–H groups in total. The van der Waals surface area contributed by atoms with Crippen LogP contribution < -0.4 is 15.2 Å². The first-order valence-corrected chi connectivity index (χ1v) is 5.34. The largest absolute Gasteiger partial charge is 0.480 e. The van der Waals surface area contributed by atoms with E-state index in [4.69, 9.17) is 15.2 Å². The van der Waals surface area contributed by atoms with E-state index in [-0.39, 0.29) is 6.04 Å². The molecule has 0 aliphatic carbocycles. The van der Waals surface area contributed by atoms with Gasteiger partial charge in [-0.3, -0.25) is 0 Å². The fourth-order valence-corrected chi connectivity index (χ4v) is 1.37. The number of nitrogens with two attached hydrogens (primary N) is 1. The minimum Gasteiger partial charge on any atom is -0.480 e. The van der Waals surface area contributed by atoms with Gasteiger partial charge >= 0.3 is 0 Å². The molecule has 2 unspecified atom stereocenters. The first-order valence-electron chi connectivity index (χ1n) is 5.34. The zero-order valence-corrected chi connectivity index (χ0v) is 10.2. The summed E-state index contributed by atoms with van der Waals surface area (Å²) in [5, 5.41) is 0. The highest BCUT2D eigenvalue weighted by atomic mass is 16.5. The number of aromatic nitrogens is 2. The lowest BCUT2D eigenvalue weighted by molar-refractivity contribution is 0.343. The molecular weight excluding hydrogens is 206 g/mol. The van der Waals surface area contributed by atoms with Crippen molar-refractivity contribution >= 4 is 0 Å². The van der Waals surface area contributed by atoms with E-state index in [0.29, 0.717) is 23.4 Å². The van der Waals surface area contributed by atoms with Crippen LogP contribution in [0, 0.1) is 5.92 Å². The predicted octanol–water partition coefficient (Wildman–Crippen LogP) is 1.54. The van der Waals surface area contributed by atoms with Crippen LogP contribution in [0.1, 0.15) is 32.0 Å². The maximum atomic E-state index is 6.09. The Morgan fingerprint density at radius 3 is 2.56 bits per heavy atom. The van der Waals surface area contributed by atoms with Gasteiger partial charge in [-0.1, -0.05) is 20.3 Å². The molecule has 2 atom stereocenters. The molecule has 90 valence electrons. The van der Waals surface area contributed by atoms with Gasteiger partial charge in [-0.15, -0.1) is 0 Å². The van der Waals surface area contributed by atoms with E-state index in [2.05, 4.69) is 23.8 Å². The van der Waals surface area contributed by atoms with Crippen molar-refractivity contribution in [3.05, 3.63) is 11.9 Å². The zero-order valence-electron chi connectivity index (χ0n) is 10.2. The van der Waals surface area contributed by atoms with Gasteiger partial charge in [-0.2, -0.15) is 4.98 Å². The molecule has 0 radical (unpaired) electrons. The van der Waals surface area contributed by atoms with E-state index in [1.807, 2.05) is 0 Å². The monoisotopic (exact) mass is 225 g/mol. The Kier molecular flexibility index (Phi) is 4.49. The lowest BCUT2D eigenvalue weighted by Crippen LogP contribution is -2.21. The molecular formula is C11H19N3O2. The Morgan fingerprint density at radius 1 is 1.38 bits per heavy atom. The van der Waals surface area contributed by atoms with Gasteiger partial charge in [0.15, 0.2) is 0 Å². The summed E-state index contributed by atoms with van der Waals surface area (Å²) in [7, 11) is 3.09. The minimum absolute atomic E-state index is 0.168. The topological polar surface area (TPSA) is 70.3 Å². The van der Waals surface area contributed by atoms with Crippen molar-refractivity contribution in [3.8, 4) is 11.8 Å². The Hall–Kier alpha value is -1.36. The molecule has 0 saturated carbocycles. The van der Waals surface area contributed by atoms with Crippen LogP contribution in [0.5, 0.6) is 11.8 Å². The predicted molar refractivity (Wildman–Crippen MR) is 61.5 cm³/mol. The van der Waals surface area contributed by atoms with Crippen molar-refractivity contribution in [2.24, 2.45) is 11.7 Å². The van der Waals surface area contributed by atoms with E-state index in [1.165, 1.54) is 7.11 Å². The molecule has 5 nitrogen and oxygen atoms in total. The van der Waals surface area contributed by atoms with Crippen molar-refractivity contribution in [2.75, 3.05) is 14.2 Å². The summed E-state index contributed by atoms with van der Waals surface area (Å²) < 4.78 is 10.2. The summed E-state index contributed by atoms with van der Waals surface area (Å²) in [5.74, 6) is 1.20. The van der Waals surface area contributed by atoms with Gasteiger partial charge in [0.1, 0.15) is 5.69 Å².